The Morgan fingerprint density at radius 2 is 2.15 bits per heavy atom. The smallest absolute Gasteiger partial charge is 0.303 e. The Bertz CT molecular complexity index is 193. The van der Waals surface area contributed by atoms with Gasteiger partial charge in [-0.3, -0.25) is 4.79 Å². The summed E-state index contributed by atoms with van der Waals surface area (Å²) < 4.78 is 9.31. The van der Waals surface area contributed by atoms with E-state index >= 15 is 0 Å². The number of hydrogen-bond donors (Lipinski definition) is 3. The van der Waals surface area contributed by atoms with Gasteiger partial charge in [-0.1, -0.05) is 0 Å². The lowest BCUT2D eigenvalue weighted by Gasteiger charge is -2.16. The Balaban J connectivity index is 2.58. The lowest BCUT2D eigenvalue weighted by atomic mass is 10.1. The van der Waals surface area contributed by atoms with Crippen molar-refractivity contribution in [2.24, 2.45) is 0 Å². The van der Waals surface area contributed by atoms with Crippen LogP contribution in [0.2, 0.25) is 0 Å². The van der Waals surface area contributed by atoms with Crippen LogP contribution in [0.15, 0.2) is 0 Å². The predicted molar refractivity (Wildman–Crippen MR) is 39.5 cm³/mol. The normalized spacial score (nSPS) is 39.1. The molecule has 1 aliphatic heterocycles. The molecule has 1 rings (SSSR count). The summed E-state index contributed by atoms with van der Waals surface area (Å²) in [7, 11) is 0. The van der Waals surface area contributed by atoms with Crippen LogP contribution in [0.25, 0.3) is 0 Å². The highest BCUT2D eigenvalue weighted by molar-refractivity contribution is 5.66. The molecule has 0 bridgehead atoms. The van der Waals surface area contributed by atoms with E-state index in [4.69, 9.17) is 14.9 Å². The highest BCUT2D eigenvalue weighted by atomic mass is 16.7. The fourth-order valence-corrected chi connectivity index (χ4v) is 1.19. The fraction of sp³-hybridized carbons (Fsp3) is 0.857. The number of carbonyl (C=O) groups excluding carboxylic acids is 1. The number of ether oxygens (including phenoxy) is 2. The summed E-state index contributed by atoms with van der Waals surface area (Å²) in [5, 5.41) is 27.2. The third-order valence-electron chi connectivity index (χ3n) is 1.79. The number of aliphatic hydroxyl groups excluding tert-OH is 3. The van der Waals surface area contributed by atoms with E-state index in [2.05, 4.69) is 4.74 Å². The first-order valence-corrected chi connectivity index (χ1v) is 3.86. The molecule has 3 unspecified atom stereocenters. The van der Waals surface area contributed by atoms with Crippen LogP contribution in [0.5, 0.6) is 0 Å². The van der Waals surface area contributed by atoms with Crippen LogP contribution < -0.4 is 0 Å². The van der Waals surface area contributed by atoms with Gasteiger partial charge < -0.3 is 24.8 Å². The predicted octanol–water partition coefficient (Wildman–Crippen LogP) is -2.01. The number of aliphatic hydroxyl groups is 3. The molecule has 6 nitrogen and oxygen atoms in total. The molecule has 0 radical (unpaired) electrons. The molecular formula is C7H12O6. The lowest BCUT2D eigenvalue weighted by Crippen LogP contribution is -2.37. The Kier molecular flexibility index (Phi) is 3.21. The number of carbonyl (C=O) groups is 1. The minimum Gasteiger partial charge on any atom is -0.454 e. The van der Waals surface area contributed by atoms with Crippen molar-refractivity contribution in [3.05, 3.63) is 0 Å². The van der Waals surface area contributed by atoms with Crippen LogP contribution in [0, 0.1) is 0 Å². The lowest BCUT2D eigenvalue weighted by molar-refractivity contribution is -0.170. The molecule has 6 heteroatoms. The van der Waals surface area contributed by atoms with E-state index in [-0.39, 0.29) is 0 Å². The molecule has 0 aliphatic carbocycles. The van der Waals surface area contributed by atoms with Gasteiger partial charge in [-0.2, -0.15) is 0 Å². The average Bonchev–Trinajstić information content (AvgIpc) is 2.31. The van der Waals surface area contributed by atoms with Crippen LogP contribution in [-0.4, -0.2) is 52.5 Å². The highest BCUT2D eigenvalue weighted by Gasteiger charge is 2.44. The summed E-state index contributed by atoms with van der Waals surface area (Å²) in [5.41, 5.74) is 0. The molecule has 0 amide bonds. The zero-order chi connectivity index (χ0) is 10.0. The van der Waals surface area contributed by atoms with E-state index in [1.807, 2.05) is 0 Å². The Hall–Kier alpha value is -0.690. The monoisotopic (exact) mass is 192 g/mol. The second kappa shape index (κ2) is 4.01. The van der Waals surface area contributed by atoms with Gasteiger partial charge >= 0.3 is 5.97 Å². The topological polar surface area (TPSA) is 96.2 Å². The second-order valence-corrected chi connectivity index (χ2v) is 2.81. The van der Waals surface area contributed by atoms with Crippen molar-refractivity contribution in [3.8, 4) is 0 Å². The van der Waals surface area contributed by atoms with Gasteiger partial charge in [-0.05, 0) is 0 Å². The van der Waals surface area contributed by atoms with E-state index in [1.165, 1.54) is 0 Å². The Morgan fingerprint density at radius 1 is 1.54 bits per heavy atom. The van der Waals surface area contributed by atoms with E-state index < -0.39 is 37.2 Å². The van der Waals surface area contributed by atoms with Crippen molar-refractivity contribution < 1.29 is 29.6 Å². The molecule has 3 N–H and O–H groups in total. The maximum atomic E-state index is 10.5. The first kappa shape index (κ1) is 10.4. The molecule has 0 saturated carbocycles. The van der Waals surface area contributed by atoms with E-state index in [0.29, 0.717) is 0 Å². The van der Waals surface area contributed by atoms with Crippen LogP contribution in [0.3, 0.4) is 0 Å². The minimum atomic E-state index is -1.38. The van der Waals surface area contributed by atoms with E-state index in [1.54, 1.807) is 0 Å². The first-order valence-electron chi connectivity index (χ1n) is 3.86. The molecule has 13 heavy (non-hydrogen) atoms. The molecule has 4 atom stereocenters. The zero-order valence-corrected chi connectivity index (χ0v) is 7.08. The maximum absolute atomic E-state index is 10.5. The third-order valence-corrected chi connectivity index (χ3v) is 1.79. The third kappa shape index (κ3) is 2.16. The molecule has 0 spiro atoms. The van der Waals surface area contributed by atoms with Crippen molar-refractivity contribution in [2.75, 3.05) is 6.61 Å². The van der Waals surface area contributed by atoms with Crippen LogP contribution >= 0.6 is 0 Å². The second-order valence-electron chi connectivity index (χ2n) is 2.81. The van der Waals surface area contributed by atoms with Gasteiger partial charge in [0.2, 0.25) is 0 Å². The van der Waals surface area contributed by atoms with Gasteiger partial charge in [0.25, 0.3) is 0 Å². The SMILES string of the molecule is CC(=O)OC1C(O)O[C@H](CO)C1O. The molecule has 1 aliphatic rings. The van der Waals surface area contributed by atoms with E-state index in [0.717, 1.165) is 6.92 Å². The minimum absolute atomic E-state index is 0.435. The van der Waals surface area contributed by atoms with Gasteiger partial charge in [0, 0.05) is 6.92 Å². The molecule has 76 valence electrons. The van der Waals surface area contributed by atoms with E-state index in [9.17, 15) is 9.90 Å². The van der Waals surface area contributed by atoms with Crippen molar-refractivity contribution in [1.82, 2.24) is 0 Å². The molecular weight excluding hydrogens is 180 g/mol. The highest BCUT2D eigenvalue weighted by Crippen LogP contribution is 2.22. The molecule has 1 heterocycles. The quantitative estimate of drug-likeness (QED) is 0.437. The van der Waals surface area contributed by atoms with Crippen molar-refractivity contribution in [2.45, 2.75) is 31.5 Å². The summed E-state index contributed by atoms with van der Waals surface area (Å²) in [6.07, 6.45) is -4.59. The van der Waals surface area contributed by atoms with Crippen molar-refractivity contribution in [1.29, 1.82) is 0 Å². The standard InChI is InChI=1S/C7H12O6/c1-3(9)12-6-5(10)4(2-8)13-7(6)11/h4-8,10-11H,2H2,1H3/t4-,5?,6?,7?/m1/s1. The van der Waals surface area contributed by atoms with Crippen LogP contribution in [0.4, 0.5) is 0 Å². The van der Waals surface area contributed by atoms with Crippen LogP contribution in [-0.2, 0) is 14.3 Å². The molecule has 0 aromatic heterocycles. The molecule has 1 fully saturated rings. The number of rotatable bonds is 2. The number of esters is 1. The van der Waals surface area contributed by atoms with Gasteiger partial charge in [-0.25, -0.2) is 0 Å². The molecule has 0 aromatic rings. The van der Waals surface area contributed by atoms with Gasteiger partial charge in [0.05, 0.1) is 6.61 Å². The summed E-state index contributed by atoms with van der Waals surface area (Å²) in [4.78, 5) is 10.5. The van der Waals surface area contributed by atoms with Gasteiger partial charge in [0.1, 0.15) is 12.2 Å². The zero-order valence-electron chi connectivity index (χ0n) is 7.08. The summed E-state index contributed by atoms with van der Waals surface area (Å²) in [6, 6.07) is 0. The fourth-order valence-electron chi connectivity index (χ4n) is 1.19. The average molecular weight is 192 g/mol. The Labute approximate surface area is 74.7 Å². The van der Waals surface area contributed by atoms with Gasteiger partial charge in [-0.15, -0.1) is 0 Å². The first-order chi connectivity index (χ1) is 6.06. The molecule has 1 saturated heterocycles. The summed E-state index contributed by atoms with van der Waals surface area (Å²) in [5.74, 6) is -0.620. The van der Waals surface area contributed by atoms with Crippen molar-refractivity contribution in [3.63, 3.8) is 0 Å². The summed E-state index contributed by atoms with van der Waals surface area (Å²) in [6.45, 7) is 0.724. The largest absolute Gasteiger partial charge is 0.454 e. The number of hydrogen-bond acceptors (Lipinski definition) is 6. The van der Waals surface area contributed by atoms with Gasteiger partial charge in [0.15, 0.2) is 12.4 Å². The molecule has 0 aromatic carbocycles. The summed E-state index contributed by atoms with van der Waals surface area (Å²) >= 11 is 0. The Morgan fingerprint density at radius 3 is 2.54 bits per heavy atom. The van der Waals surface area contributed by atoms with Crippen LogP contribution in [0.1, 0.15) is 6.92 Å². The maximum Gasteiger partial charge on any atom is 0.303 e. The van der Waals surface area contributed by atoms with Crippen molar-refractivity contribution >= 4 is 5.97 Å².